The van der Waals surface area contributed by atoms with Gasteiger partial charge in [0, 0.05) is 16.9 Å². The maximum atomic E-state index is 14.2. The van der Waals surface area contributed by atoms with Crippen molar-refractivity contribution in [3.8, 4) is 0 Å². The fraction of sp³-hybridized carbons (Fsp3) is 0.0588. The molecule has 1 atom stereocenters. The fourth-order valence-corrected chi connectivity index (χ4v) is 2.62. The van der Waals surface area contributed by atoms with E-state index in [0.717, 1.165) is 10.0 Å². The first-order valence-corrected chi connectivity index (χ1v) is 7.77. The molecule has 3 aromatic rings. The Morgan fingerprint density at radius 3 is 2.61 bits per heavy atom. The molecule has 116 valence electrons. The van der Waals surface area contributed by atoms with Crippen LogP contribution in [0.2, 0.25) is 0 Å². The lowest BCUT2D eigenvalue weighted by molar-refractivity contribution is 0.592. The van der Waals surface area contributed by atoms with E-state index in [2.05, 4.69) is 31.2 Å². The highest BCUT2D eigenvalue weighted by Gasteiger charge is 2.20. The molecule has 3 N–H and O–H groups in total. The molecule has 0 bridgehead atoms. The minimum absolute atomic E-state index is 0.304. The van der Waals surface area contributed by atoms with Gasteiger partial charge in [-0.25, -0.2) is 9.37 Å². The number of benzene rings is 1. The molecule has 0 amide bonds. The molecule has 0 aliphatic heterocycles. The highest BCUT2D eigenvalue weighted by molar-refractivity contribution is 9.10. The Hall–Kier alpha value is -2.47. The molecule has 6 heteroatoms. The molecule has 2 aromatic heterocycles. The van der Waals surface area contributed by atoms with Gasteiger partial charge in [-0.2, -0.15) is 0 Å². The van der Waals surface area contributed by atoms with Gasteiger partial charge in [0.05, 0.1) is 11.7 Å². The molecule has 0 saturated carbocycles. The van der Waals surface area contributed by atoms with Gasteiger partial charge in [-0.15, -0.1) is 0 Å². The lowest BCUT2D eigenvalue weighted by Crippen LogP contribution is -2.16. The molecule has 2 heterocycles. The number of hydrogen-bond donors (Lipinski definition) is 2. The summed E-state index contributed by atoms with van der Waals surface area (Å²) < 4.78 is 15.0. The lowest BCUT2D eigenvalue weighted by Gasteiger charge is -2.21. The van der Waals surface area contributed by atoms with Crippen LogP contribution in [0.5, 0.6) is 0 Å². The number of nitrogens with two attached hydrogens (primary N) is 1. The highest BCUT2D eigenvalue weighted by Crippen LogP contribution is 2.30. The fourth-order valence-electron chi connectivity index (χ4n) is 2.29. The summed E-state index contributed by atoms with van der Waals surface area (Å²) in [4.78, 5) is 8.29. The van der Waals surface area contributed by atoms with Crippen molar-refractivity contribution < 1.29 is 4.39 Å². The van der Waals surface area contributed by atoms with Crippen molar-refractivity contribution in [3.05, 3.63) is 82.5 Å². The lowest BCUT2D eigenvalue weighted by atomic mass is 10.0. The number of nitrogen functional groups attached to an aromatic ring is 1. The van der Waals surface area contributed by atoms with Crippen LogP contribution in [0, 0.1) is 5.82 Å². The Morgan fingerprint density at radius 1 is 1.09 bits per heavy atom. The van der Waals surface area contributed by atoms with Gasteiger partial charge >= 0.3 is 0 Å². The second kappa shape index (κ2) is 6.75. The number of halogens is 2. The van der Waals surface area contributed by atoms with Crippen molar-refractivity contribution in [3.63, 3.8) is 0 Å². The molecule has 1 unspecified atom stereocenters. The number of nitrogens with one attached hydrogen (secondary N) is 1. The van der Waals surface area contributed by atoms with E-state index in [1.54, 1.807) is 24.5 Å². The van der Waals surface area contributed by atoms with Crippen LogP contribution in [0.25, 0.3) is 0 Å². The Labute approximate surface area is 141 Å². The number of pyridine rings is 2. The van der Waals surface area contributed by atoms with Crippen molar-refractivity contribution in [1.29, 1.82) is 0 Å². The molecule has 0 aliphatic rings. The van der Waals surface area contributed by atoms with Crippen molar-refractivity contribution in [2.24, 2.45) is 0 Å². The van der Waals surface area contributed by atoms with E-state index in [1.165, 1.54) is 6.07 Å². The van der Waals surface area contributed by atoms with E-state index in [-0.39, 0.29) is 5.82 Å². The molecule has 23 heavy (non-hydrogen) atoms. The van der Waals surface area contributed by atoms with E-state index in [4.69, 9.17) is 5.73 Å². The van der Waals surface area contributed by atoms with E-state index in [9.17, 15) is 4.39 Å². The zero-order valence-corrected chi connectivity index (χ0v) is 13.7. The van der Waals surface area contributed by atoms with Crippen molar-refractivity contribution >= 4 is 27.4 Å². The maximum Gasteiger partial charge on any atom is 0.147 e. The Kier molecular flexibility index (Phi) is 4.52. The number of anilines is 2. The maximum absolute atomic E-state index is 14.2. The molecule has 0 saturated heterocycles. The summed E-state index contributed by atoms with van der Waals surface area (Å²) in [7, 11) is 0. The number of rotatable bonds is 4. The Bertz CT molecular complexity index is 811. The minimum atomic E-state index is -0.476. The number of nitrogens with zero attached hydrogens (tertiary/aromatic N) is 2. The van der Waals surface area contributed by atoms with Gasteiger partial charge in [0.1, 0.15) is 17.3 Å². The average Bonchev–Trinajstić information content (AvgIpc) is 2.57. The topological polar surface area (TPSA) is 63.8 Å². The first kappa shape index (κ1) is 15.4. The van der Waals surface area contributed by atoms with Gasteiger partial charge in [0.15, 0.2) is 0 Å². The third kappa shape index (κ3) is 3.48. The predicted octanol–water partition coefficient (Wildman–Crippen LogP) is 4.16. The van der Waals surface area contributed by atoms with E-state index < -0.39 is 6.04 Å². The van der Waals surface area contributed by atoms with Crippen LogP contribution in [0.4, 0.5) is 15.9 Å². The minimum Gasteiger partial charge on any atom is -0.382 e. The molecule has 0 radical (unpaired) electrons. The SMILES string of the molecule is Nc1ncc(Br)cc1NC(c1ccccc1)c1ncccc1F. The smallest absolute Gasteiger partial charge is 0.147 e. The van der Waals surface area contributed by atoms with Crippen LogP contribution < -0.4 is 11.1 Å². The molecule has 0 spiro atoms. The van der Waals surface area contributed by atoms with E-state index in [1.807, 2.05) is 30.3 Å². The van der Waals surface area contributed by atoms with Gasteiger partial charge in [-0.3, -0.25) is 4.98 Å². The molecule has 3 rings (SSSR count). The highest BCUT2D eigenvalue weighted by atomic mass is 79.9. The monoisotopic (exact) mass is 372 g/mol. The number of hydrogen-bond acceptors (Lipinski definition) is 4. The first-order chi connectivity index (χ1) is 11.1. The van der Waals surface area contributed by atoms with Crippen molar-refractivity contribution in [1.82, 2.24) is 9.97 Å². The van der Waals surface area contributed by atoms with Gasteiger partial charge in [0.25, 0.3) is 0 Å². The summed E-state index contributed by atoms with van der Waals surface area (Å²) in [6.45, 7) is 0. The quantitative estimate of drug-likeness (QED) is 0.721. The standard InChI is InChI=1S/C17H14BrFN4/c18-12-9-14(17(20)22-10-12)23-15(11-5-2-1-3-6-11)16-13(19)7-4-8-21-16/h1-10,15,23H,(H2,20,22). The predicted molar refractivity (Wildman–Crippen MR) is 92.5 cm³/mol. The number of aromatic nitrogens is 2. The second-order valence-corrected chi connectivity index (χ2v) is 5.86. The molecule has 1 aromatic carbocycles. The zero-order valence-electron chi connectivity index (χ0n) is 12.1. The van der Waals surface area contributed by atoms with Crippen LogP contribution in [0.15, 0.2) is 65.4 Å². The van der Waals surface area contributed by atoms with Gasteiger partial charge in [0.2, 0.25) is 0 Å². The summed E-state index contributed by atoms with van der Waals surface area (Å²) >= 11 is 3.37. The molecular formula is C17H14BrFN4. The van der Waals surface area contributed by atoms with Crippen LogP contribution in [-0.4, -0.2) is 9.97 Å². The third-order valence-electron chi connectivity index (χ3n) is 3.38. The average molecular weight is 373 g/mol. The van der Waals surface area contributed by atoms with Crippen LogP contribution in [0.3, 0.4) is 0 Å². The Balaban J connectivity index is 2.06. The van der Waals surface area contributed by atoms with Crippen LogP contribution in [0.1, 0.15) is 17.3 Å². The summed E-state index contributed by atoms with van der Waals surface area (Å²) in [6, 6.07) is 13.8. The van der Waals surface area contributed by atoms with Crippen molar-refractivity contribution in [2.45, 2.75) is 6.04 Å². The largest absolute Gasteiger partial charge is 0.382 e. The summed E-state index contributed by atoms with van der Waals surface area (Å²) in [5.74, 6) is -0.0409. The zero-order chi connectivity index (χ0) is 16.2. The Morgan fingerprint density at radius 2 is 1.87 bits per heavy atom. The molecule has 4 nitrogen and oxygen atoms in total. The molecular weight excluding hydrogens is 359 g/mol. The normalized spacial score (nSPS) is 11.9. The van der Waals surface area contributed by atoms with E-state index >= 15 is 0 Å². The third-order valence-corrected chi connectivity index (χ3v) is 3.81. The molecule has 0 aliphatic carbocycles. The van der Waals surface area contributed by atoms with Crippen LogP contribution >= 0.6 is 15.9 Å². The van der Waals surface area contributed by atoms with Gasteiger partial charge in [-0.05, 0) is 39.7 Å². The van der Waals surface area contributed by atoms with Crippen molar-refractivity contribution in [2.75, 3.05) is 11.1 Å². The van der Waals surface area contributed by atoms with Gasteiger partial charge < -0.3 is 11.1 Å². The van der Waals surface area contributed by atoms with Crippen LogP contribution in [-0.2, 0) is 0 Å². The first-order valence-electron chi connectivity index (χ1n) is 6.98. The van der Waals surface area contributed by atoms with E-state index in [0.29, 0.717) is 17.2 Å². The summed E-state index contributed by atoms with van der Waals surface area (Å²) in [5, 5.41) is 3.24. The molecule has 0 fully saturated rings. The van der Waals surface area contributed by atoms with Gasteiger partial charge in [-0.1, -0.05) is 30.3 Å². The summed E-state index contributed by atoms with van der Waals surface area (Å²) in [6.07, 6.45) is 3.18. The second-order valence-electron chi connectivity index (χ2n) is 4.94. The summed E-state index contributed by atoms with van der Waals surface area (Å²) in [5.41, 5.74) is 7.72.